The number of hydrogen-bond donors (Lipinski definition) is 1. The normalized spacial score (nSPS) is 10.3. The van der Waals surface area contributed by atoms with Crippen molar-refractivity contribution in [2.45, 2.75) is 11.3 Å². The Bertz CT molecular complexity index is 631. The molecule has 20 heavy (non-hydrogen) atoms. The SMILES string of the molecule is CSc1cccc(NC(=O)Cc2ccc(Cl)cc2Cl)c1. The summed E-state index contributed by atoms with van der Waals surface area (Å²) in [6, 6.07) is 12.8. The molecular weight excluding hydrogens is 313 g/mol. The first kappa shape index (κ1) is 15.2. The summed E-state index contributed by atoms with van der Waals surface area (Å²) in [5.74, 6) is -0.104. The monoisotopic (exact) mass is 325 g/mol. The molecule has 0 aliphatic carbocycles. The topological polar surface area (TPSA) is 29.1 Å². The van der Waals surface area contributed by atoms with Gasteiger partial charge in [-0.2, -0.15) is 0 Å². The highest BCUT2D eigenvalue weighted by Gasteiger charge is 2.08. The lowest BCUT2D eigenvalue weighted by molar-refractivity contribution is -0.115. The molecule has 2 nitrogen and oxygen atoms in total. The molecule has 2 aromatic carbocycles. The number of benzene rings is 2. The minimum atomic E-state index is -0.104. The number of amides is 1. The number of carbonyl (C=O) groups excluding carboxylic acids is 1. The van der Waals surface area contributed by atoms with Gasteiger partial charge in [0, 0.05) is 20.6 Å². The number of carbonyl (C=O) groups is 1. The van der Waals surface area contributed by atoms with E-state index in [1.165, 1.54) is 0 Å². The average molecular weight is 326 g/mol. The summed E-state index contributed by atoms with van der Waals surface area (Å²) in [7, 11) is 0. The van der Waals surface area contributed by atoms with Gasteiger partial charge in [0.05, 0.1) is 6.42 Å². The van der Waals surface area contributed by atoms with Crippen molar-refractivity contribution < 1.29 is 4.79 Å². The van der Waals surface area contributed by atoms with E-state index in [1.807, 2.05) is 30.5 Å². The number of nitrogens with one attached hydrogen (secondary N) is 1. The highest BCUT2D eigenvalue weighted by atomic mass is 35.5. The van der Waals surface area contributed by atoms with E-state index < -0.39 is 0 Å². The summed E-state index contributed by atoms with van der Waals surface area (Å²) in [4.78, 5) is 13.1. The summed E-state index contributed by atoms with van der Waals surface area (Å²) >= 11 is 13.5. The predicted molar refractivity (Wildman–Crippen MR) is 87.0 cm³/mol. The Hall–Kier alpha value is -1.16. The molecule has 0 saturated heterocycles. The number of anilines is 1. The zero-order chi connectivity index (χ0) is 14.5. The van der Waals surface area contributed by atoms with Crippen LogP contribution in [0.25, 0.3) is 0 Å². The fraction of sp³-hybridized carbons (Fsp3) is 0.133. The Morgan fingerprint density at radius 1 is 1.20 bits per heavy atom. The van der Waals surface area contributed by atoms with Crippen molar-refractivity contribution in [1.82, 2.24) is 0 Å². The minimum absolute atomic E-state index is 0.104. The standard InChI is InChI=1S/C15H13Cl2NOS/c1-20-13-4-2-3-12(9-13)18-15(19)7-10-5-6-11(16)8-14(10)17/h2-6,8-9H,7H2,1H3,(H,18,19). The van der Waals surface area contributed by atoms with E-state index in [-0.39, 0.29) is 12.3 Å². The van der Waals surface area contributed by atoms with Gasteiger partial charge in [-0.15, -0.1) is 11.8 Å². The van der Waals surface area contributed by atoms with Gasteiger partial charge < -0.3 is 5.32 Å². The molecule has 2 rings (SSSR count). The molecule has 1 amide bonds. The molecule has 2 aromatic rings. The van der Waals surface area contributed by atoms with Gasteiger partial charge in [-0.1, -0.05) is 35.3 Å². The second-order valence-corrected chi connectivity index (χ2v) is 5.92. The zero-order valence-corrected chi connectivity index (χ0v) is 13.1. The van der Waals surface area contributed by atoms with Gasteiger partial charge >= 0.3 is 0 Å². The van der Waals surface area contributed by atoms with E-state index in [9.17, 15) is 4.79 Å². The Labute approximate surface area is 132 Å². The van der Waals surface area contributed by atoms with Gasteiger partial charge in [-0.3, -0.25) is 4.79 Å². The van der Waals surface area contributed by atoms with Crippen molar-refractivity contribution in [3.8, 4) is 0 Å². The second-order valence-electron chi connectivity index (χ2n) is 4.19. The van der Waals surface area contributed by atoms with E-state index in [0.29, 0.717) is 10.0 Å². The molecule has 0 aliphatic rings. The van der Waals surface area contributed by atoms with Crippen LogP contribution in [0, 0.1) is 0 Å². The van der Waals surface area contributed by atoms with Gasteiger partial charge in [0.15, 0.2) is 0 Å². The summed E-state index contributed by atoms with van der Waals surface area (Å²) in [6.07, 6.45) is 2.22. The summed E-state index contributed by atoms with van der Waals surface area (Å²) in [6.45, 7) is 0. The molecule has 0 radical (unpaired) electrons. The lowest BCUT2D eigenvalue weighted by atomic mass is 10.1. The van der Waals surface area contributed by atoms with Crippen LogP contribution >= 0.6 is 35.0 Å². The molecule has 1 N–H and O–H groups in total. The van der Waals surface area contributed by atoms with Crippen LogP contribution in [0.2, 0.25) is 10.0 Å². The first-order valence-corrected chi connectivity index (χ1v) is 7.94. The lowest BCUT2D eigenvalue weighted by Gasteiger charge is -2.08. The average Bonchev–Trinajstić information content (AvgIpc) is 2.42. The Kier molecular flexibility index (Phi) is 5.35. The second kappa shape index (κ2) is 7.02. The Morgan fingerprint density at radius 3 is 2.70 bits per heavy atom. The number of rotatable bonds is 4. The number of halogens is 2. The van der Waals surface area contributed by atoms with Crippen LogP contribution in [0.1, 0.15) is 5.56 Å². The van der Waals surface area contributed by atoms with Gasteiger partial charge in [0.2, 0.25) is 5.91 Å². The molecule has 0 heterocycles. The Balaban J connectivity index is 2.05. The smallest absolute Gasteiger partial charge is 0.228 e. The molecule has 0 fully saturated rings. The third-order valence-electron chi connectivity index (χ3n) is 2.72. The molecule has 0 bridgehead atoms. The zero-order valence-electron chi connectivity index (χ0n) is 10.8. The third kappa shape index (κ3) is 4.17. The van der Waals surface area contributed by atoms with Gasteiger partial charge in [0.25, 0.3) is 0 Å². The predicted octanol–water partition coefficient (Wildman–Crippen LogP) is 4.90. The van der Waals surface area contributed by atoms with E-state index in [0.717, 1.165) is 16.1 Å². The molecule has 0 atom stereocenters. The van der Waals surface area contributed by atoms with Gasteiger partial charge in [-0.05, 0) is 42.2 Å². The van der Waals surface area contributed by atoms with E-state index in [2.05, 4.69) is 5.32 Å². The largest absolute Gasteiger partial charge is 0.326 e. The van der Waals surface area contributed by atoms with Crippen molar-refractivity contribution in [2.75, 3.05) is 11.6 Å². The van der Waals surface area contributed by atoms with Crippen molar-refractivity contribution in [3.05, 3.63) is 58.1 Å². The maximum Gasteiger partial charge on any atom is 0.228 e. The van der Waals surface area contributed by atoms with E-state index in [4.69, 9.17) is 23.2 Å². The van der Waals surface area contributed by atoms with Crippen molar-refractivity contribution in [3.63, 3.8) is 0 Å². The summed E-state index contributed by atoms with van der Waals surface area (Å²) in [5.41, 5.74) is 1.54. The molecule has 0 aliphatic heterocycles. The van der Waals surface area contributed by atoms with Crippen molar-refractivity contribution in [1.29, 1.82) is 0 Å². The lowest BCUT2D eigenvalue weighted by Crippen LogP contribution is -2.14. The molecule has 5 heteroatoms. The molecule has 0 unspecified atom stereocenters. The quantitative estimate of drug-likeness (QED) is 0.810. The van der Waals surface area contributed by atoms with Crippen LogP contribution in [0.15, 0.2) is 47.4 Å². The van der Waals surface area contributed by atoms with Crippen LogP contribution in [0.4, 0.5) is 5.69 Å². The summed E-state index contributed by atoms with van der Waals surface area (Å²) < 4.78 is 0. The summed E-state index contributed by atoms with van der Waals surface area (Å²) in [5, 5.41) is 3.93. The first-order valence-electron chi connectivity index (χ1n) is 5.96. The maximum atomic E-state index is 12.0. The van der Waals surface area contributed by atoms with E-state index >= 15 is 0 Å². The van der Waals surface area contributed by atoms with Crippen LogP contribution in [0.5, 0.6) is 0 Å². The fourth-order valence-electron chi connectivity index (χ4n) is 1.74. The van der Waals surface area contributed by atoms with Crippen LogP contribution < -0.4 is 5.32 Å². The highest BCUT2D eigenvalue weighted by molar-refractivity contribution is 7.98. The van der Waals surface area contributed by atoms with Crippen molar-refractivity contribution >= 4 is 46.6 Å². The fourth-order valence-corrected chi connectivity index (χ4v) is 2.68. The highest BCUT2D eigenvalue weighted by Crippen LogP contribution is 2.22. The first-order chi connectivity index (χ1) is 9.58. The number of hydrogen-bond acceptors (Lipinski definition) is 2. The molecule has 0 spiro atoms. The maximum absolute atomic E-state index is 12.0. The number of thioether (sulfide) groups is 1. The van der Waals surface area contributed by atoms with E-state index in [1.54, 1.807) is 30.0 Å². The molecule has 0 aromatic heterocycles. The van der Waals surface area contributed by atoms with Crippen LogP contribution in [-0.2, 0) is 11.2 Å². The van der Waals surface area contributed by atoms with Gasteiger partial charge in [-0.25, -0.2) is 0 Å². The molecule has 104 valence electrons. The van der Waals surface area contributed by atoms with Crippen LogP contribution in [-0.4, -0.2) is 12.2 Å². The molecular formula is C15H13Cl2NOS. The Morgan fingerprint density at radius 2 is 2.00 bits per heavy atom. The van der Waals surface area contributed by atoms with Crippen LogP contribution in [0.3, 0.4) is 0 Å². The van der Waals surface area contributed by atoms with Crippen molar-refractivity contribution in [2.24, 2.45) is 0 Å². The third-order valence-corrected chi connectivity index (χ3v) is 4.03. The minimum Gasteiger partial charge on any atom is -0.326 e. The molecule has 0 saturated carbocycles. The van der Waals surface area contributed by atoms with Gasteiger partial charge in [0.1, 0.15) is 0 Å².